The molecule has 4 N–H and O–H groups in total. The molecule has 1 fully saturated rings. The Kier molecular flexibility index (Phi) is 43.2. The van der Waals surface area contributed by atoms with E-state index in [1.165, 1.54) is 83.5 Å². The van der Waals surface area contributed by atoms with Crippen LogP contribution in [-0.4, -0.2) is 89.6 Å². The first-order valence-electron chi connectivity index (χ1n) is 26.2. The Morgan fingerprint density at radius 2 is 0.938 bits per heavy atom. The molecule has 65 heavy (non-hydrogen) atoms. The predicted octanol–water partition coefficient (Wildman–Crippen LogP) is 13.0. The maximum Gasteiger partial charge on any atom is 0.306 e. The first-order valence-corrected chi connectivity index (χ1v) is 26.2. The van der Waals surface area contributed by atoms with Gasteiger partial charge < -0.3 is 39.4 Å². The molecule has 0 aliphatic carbocycles. The lowest BCUT2D eigenvalue weighted by Gasteiger charge is -2.39. The highest BCUT2D eigenvalue weighted by molar-refractivity contribution is 5.69. The highest BCUT2D eigenvalue weighted by Crippen LogP contribution is 2.23. The van der Waals surface area contributed by atoms with Gasteiger partial charge >= 0.3 is 5.97 Å². The number of unbranched alkanes of at least 4 members (excludes halogenated alkanes) is 19. The van der Waals surface area contributed by atoms with E-state index in [9.17, 15) is 25.2 Å². The van der Waals surface area contributed by atoms with E-state index in [1.54, 1.807) is 0 Å². The molecular formula is C56H96O9. The van der Waals surface area contributed by atoms with Gasteiger partial charge in [0.05, 0.1) is 19.8 Å². The molecule has 9 heteroatoms. The average molecular weight is 913 g/mol. The zero-order valence-corrected chi connectivity index (χ0v) is 41.2. The number of carbonyl (C=O) groups excluding carboxylic acids is 1. The SMILES string of the molecule is CC/C=C\C/C=C\C/C=C\C/C=C\C/C=C\C/C=C\C/C=C\CCCCCCOCC(COC1OC(CO)C(O)C(O)C1O)OC(=O)CCCCCCCCCCCCCCCCCC. The summed E-state index contributed by atoms with van der Waals surface area (Å²) in [5.41, 5.74) is 0. The molecule has 6 unspecified atom stereocenters. The molecule has 0 aromatic heterocycles. The molecule has 9 nitrogen and oxygen atoms in total. The fraction of sp³-hybridized carbons (Fsp3) is 0.732. The van der Waals surface area contributed by atoms with Gasteiger partial charge in [0.15, 0.2) is 6.29 Å². The number of ether oxygens (including phenoxy) is 4. The number of carbonyl (C=O) groups is 1. The Morgan fingerprint density at radius 3 is 1.42 bits per heavy atom. The quantitative estimate of drug-likeness (QED) is 0.0268. The summed E-state index contributed by atoms with van der Waals surface area (Å²) in [6, 6.07) is 0. The van der Waals surface area contributed by atoms with Gasteiger partial charge in [-0.15, -0.1) is 0 Å². The molecule has 1 aliphatic heterocycles. The van der Waals surface area contributed by atoms with E-state index in [0.717, 1.165) is 96.3 Å². The number of allylic oxidation sites excluding steroid dienone is 14. The van der Waals surface area contributed by atoms with Crippen LogP contribution in [0.15, 0.2) is 85.1 Å². The monoisotopic (exact) mass is 913 g/mol. The maximum atomic E-state index is 12.8. The van der Waals surface area contributed by atoms with Crippen molar-refractivity contribution in [3.05, 3.63) is 85.1 Å². The van der Waals surface area contributed by atoms with Crippen molar-refractivity contribution in [3.8, 4) is 0 Å². The Balaban J connectivity index is 2.23. The van der Waals surface area contributed by atoms with Crippen LogP contribution in [0.25, 0.3) is 0 Å². The first-order chi connectivity index (χ1) is 31.9. The van der Waals surface area contributed by atoms with Crippen molar-refractivity contribution in [1.82, 2.24) is 0 Å². The molecule has 0 bridgehead atoms. The lowest BCUT2D eigenvalue weighted by Crippen LogP contribution is -2.59. The number of rotatable bonds is 44. The molecule has 0 aromatic rings. The van der Waals surface area contributed by atoms with E-state index in [2.05, 4.69) is 98.9 Å². The van der Waals surface area contributed by atoms with Gasteiger partial charge in [0, 0.05) is 13.0 Å². The molecule has 0 amide bonds. The summed E-state index contributed by atoms with van der Waals surface area (Å²) in [6.07, 6.45) is 56.1. The van der Waals surface area contributed by atoms with E-state index in [-0.39, 0.29) is 19.2 Å². The smallest absolute Gasteiger partial charge is 0.306 e. The van der Waals surface area contributed by atoms with Gasteiger partial charge in [-0.3, -0.25) is 4.79 Å². The first kappa shape index (κ1) is 60.4. The fourth-order valence-electron chi connectivity index (χ4n) is 7.53. The van der Waals surface area contributed by atoms with Crippen LogP contribution in [0.5, 0.6) is 0 Å². The Bertz CT molecular complexity index is 1270. The predicted molar refractivity (Wildman–Crippen MR) is 270 cm³/mol. The van der Waals surface area contributed by atoms with E-state index in [0.29, 0.717) is 13.0 Å². The second kappa shape index (κ2) is 46.5. The van der Waals surface area contributed by atoms with Crippen LogP contribution in [0, 0.1) is 0 Å². The van der Waals surface area contributed by atoms with Gasteiger partial charge in [0.25, 0.3) is 0 Å². The Labute approximate surface area is 397 Å². The second-order valence-electron chi connectivity index (χ2n) is 17.6. The molecule has 0 radical (unpaired) electrons. The zero-order valence-electron chi connectivity index (χ0n) is 41.2. The molecule has 1 heterocycles. The lowest BCUT2D eigenvalue weighted by molar-refractivity contribution is -0.305. The van der Waals surface area contributed by atoms with Gasteiger partial charge in [-0.25, -0.2) is 0 Å². The van der Waals surface area contributed by atoms with Gasteiger partial charge in [-0.1, -0.05) is 208 Å². The zero-order chi connectivity index (χ0) is 47.1. The highest BCUT2D eigenvalue weighted by Gasteiger charge is 2.44. The molecule has 1 saturated heterocycles. The minimum atomic E-state index is -1.55. The second-order valence-corrected chi connectivity index (χ2v) is 17.6. The third kappa shape index (κ3) is 37.1. The summed E-state index contributed by atoms with van der Waals surface area (Å²) < 4.78 is 22.9. The number of hydrogen-bond donors (Lipinski definition) is 4. The summed E-state index contributed by atoms with van der Waals surface area (Å²) in [6.45, 7) is 4.39. The molecule has 0 saturated carbocycles. The number of aliphatic hydroxyl groups excluding tert-OH is 4. The van der Waals surface area contributed by atoms with Crippen molar-refractivity contribution < 1.29 is 44.2 Å². The third-order valence-electron chi connectivity index (χ3n) is 11.6. The van der Waals surface area contributed by atoms with Crippen molar-refractivity contribution in [1.29, 1.82) is 0 Å². The van der Waals surface area contributed by atoms with Gasteiger partial charge in [0.1, 0.15) is 30.5 Å². The van der Waals surface area contributed by atoms with Crippen LogP contribution < -0.4 is 0 Å². The van der Waals surface area contributed by atoms with Crippen LogP contribution in [0.1, 0.15) is 200 Å². The Morgan fingerprint density at radius 1 is 0.508 bits per heavy atom. The van der Waals surface area contributed by atoms with E-state index in [1.807, 2.05) is 0 Å². The summed E-state index contributed by atoms with van der Waals surface area (Å²) >= 11 is 0. The summed E-state index contributed by atoms with van der Waals surface area (Å²) in [4.78, 5) is 12.8. The molecule has 374 valence electrons. The van der Waals surface area contributed by atoms with Gasteiger partial charge in [-0.2, -0.15) is 0 Å². The number of aliphatic hydroxyl groups is 4. The van der Waals surface area contributed by atoms with Crippen LogP contribution in [0.4, 0.5) is 0 Å². The molecule has 1 aliphatic rings. The minimum Gasteiger partial charge on any atom is -0.457 e. The molecular weight excluding hydrogens is 817 g/mol. The van der Waals surface area contributed by atoms with E-state index < -0.39 is 43.4 Å². The van der Waals surface area contributed by atoms with Crippen molar-refractivity contribution in [2.75, 3.05) is 26.4 Å². The van der Waals surface area contributed by atoms with Crippen molar-refractivity contribution in [2.45, 2.75) is 237 Å². The topological polar surface area (TPSA) is 135 Å². The normalized spacial score (nSPS) is 20.1. The highest BCUT2D eigenvalue weighted by atomic mass is 16.7. The van der Waals surface area contributed by atoms with E-state index >= 15 is 0 Å². The maximum absolute atomic E-state index is 12.8. The molecule has 6 atom stereocenters. The van der Waals surface area contributed by atoms with Crippen LogP contribution >= 0.6 is 0 Å². The third-order valence-corrected chi connectivity index (χ3v) is 11.6. The summed E-state index contributed by atoms with van der Waals surface area (Å²) in [7, 11) is 0. The fourth-order valence-corrected chi connectivity index (χ4v) is 7.53. The summed E-state index contributed by atoms with van der Waals surface area (Å²) in [5, 5.41) is 40.2. The molecule has 1 rings (SSSR count). The largest absolute Gasteiger partial charge is 0.457 e. The number of hydrogen-bond acceptors (Lipinski definition) is 9. The van der Waals surface area contributed by atoms with Gasteiger partial charge in [-0.05, 0) is 70.6 Å². The Hall–Kier alpha value is -2.63. The van der Waals surface area contributed by atoms with Gasteiger partial charge in [0.2, 0.25) is 0 Å². The lowest BCUT2D eigenvalue weighted by atomic mass is 9.99. The minimum absolute atomic E-state index is 0.124. The molecule has 0 spiro atoms. The molecule has 0 aromatic carbocycles. The average Bonchev–Trinajstić information content (AvgIpc) is 3.31. The van der Waals surface area contributed by atoms with Crippen LogP contribution in [-0.2, 0) is 23.7 Å². The standard InChI is InChI=1S/C56H96O9/c1-3-5-7-9-11-13-15-17-19-21-22-23-24-25-26-27-28-29-30-32-34-36-38-40-42-44-46-62-48-50(49-63-56-55(61)54(60)53(59)51(47-57)65-56)64-52(58)45-43-41-39-37-35-33-31-20-18-16-14-12-10-8-6-4-2/h5,7,11,13,17,19,22-23,25-26,28-29,32,34,50-51,53-57,59-61H,3-4,6,8-10,12,14-16,18,20-21,24,27,30-31,33,35-49H2,1-2H3/b7-5-,13-11-,19-17-,23-22-,26-25-,29-28-,34-32-. The summed E-state index contributed by atoms with van der Waals surface area (Å²) in [5.74, 6) is -0.324. The van der Waals surface area contributed by atoms with Crippen molar-refractivity contribution in [3.63, 3.8) is 0 Å². The van der Waals surface area contributed by atoms with Crippen LogP contribution in [0.3, 0.4) is 0 Å². The van der Waals surface area contributed by atoms with E-state index in [4.69, 9.17) is 18.9 Å². The van der Waals surface area contributed by atoms with Crippen LogP contribution in [0.2, 0.25) is 0 Å². The van der Waals surface area contributed by atoms with Crippen molar-refractivity contribution in [2.24, 2.45) is 0 Å². The number of esters is 1. The van der Waals surface area contributed by atoms with Crippen molar-refractivity contribution >= 4 is 5.97 Å².